The predicted molar refractivity (Wildman–Crippen MR) is 112 cm³/mol. The lowest BCUT2D eigenvalue weighted by Gasteiger charge is -2.25. The molecule has 2 aromatic rings. The molecule has 2 aliphatic rings. The maximum atomic E-state index is 13.4. The summed E-state index contributed by atoms with van der Waals surface area (Å²) in [5.41, 5.74) is 3.34. The van der Waals surface area contributed by atoms with Gasteiger partial charge in [0, 0.05) is 25.0 Å². The lowest BCUT2D eigenvalue weighted by Crippen LogP contribution is -2.38. The van der Waals surface area contributed by atoms with Crippen LogP contribution in [0.5, 0.6) is 0 Å². The first-order chi connectivity index (χ1) is 14.1. The number of allylic oxidation sites excluding steroid dienone is 1. The third-order valence-electron chi connectivity index (χ3n) is 5.08. The second-order valence-electron chi connectivity index (χ2n) is 7.10. The molecule has 150 valence electrons. The smallest absolute Gasteiger partial charge is 0.223 e. The van der Waals surface area contributed by atoms with E-state index in [0.717, 1.165) is 48.5 Å². The number of nitrogens with one attached hydrogen (secondary N) is 2. The number of anilines is 1. The van der Waals surface area contributed by atoms with Crippen LogP contribution in [0.25, 0.3) is 11.3 Å². The number of rotatable bonds is 5. The lowest BCUT2D eigenvalue weighted by atomic mass is 10.0. The molecule has 0 radical (unpaired) electrons. The molecule has 1 saturated heterocycles. The van der Waals surface area contributed by atoms with E-state index in [1.807, 2.05) is 17.9 Å². The Morgan fingerprint density at radius 3 is 2.83 bits per heavy atom. The van der Waals surface area contributed by atoms with Crippen molar-refractivity contribution in [1.82, 2.24) is 20.2 Å². The molecule has 1 aromatic heterocycles. The van der Waals surface area contributed by atoms with Crippen LogP contribution in [0.4, 0.5) is 10.3 Å². The van der Waals surface area contributed by atoms with E-state index in [2.05, 4.69) is 22.2 Å². The molecule has 0 spiro atoms. The fraction of sp³-hybridized carbons (Fsp3) is 0.273. The van der Waals surface area contributed by atoms with E-state index in [1.165, 1.54) is 12.1 Å². The average Bonchev–Trinajstić information content (AvgIpc) is 3.15. The highest BCUT2D eigenvalue weighted by molar-refractivity contribution is 5.89. The van der Waals surface area contributed by atoms with Crippen LogP contribution in [0.2, 0.25) is 0 Å². The Balaban J connectivity index is 1.72. The van der Waals surface area contributed by atoms with Crippen LogP contribution in [0.15, 0.2) is 61.5 Å². The van der Waals surface area contributed by atoms with Gasteiger partial charge in [-0.15, -0.1) is 0 Å². The third-order valence-corrected chi connectivity index (χ3v) is 5.08. The molecule has 1 atom stereocenters. The Hall–Kier alpha value is -3.19. The van der Waals surface area contributed by atoms with E-state index in [0.29, 0.717) is 17.9 Å². The SMILES string of the molecule is C=C1OC=CN1/C(=C(\C)c1ccc(F)cc1)c1ccnc(NC2CCCNC2)n1. The van der Waals surface area contributed by atoms with E-state index in [-0.39, 0.29) is 5.82 Å². The van der Waals surface area contributed by atoms with Gasteiger partial charge in [0.25, 0.3) is 0 Å². The summed E-state index contributed by atoms with van der Waals surface area (Å²) in [6.45, 7) is 7.88. The molecule has 3 heterocycles. The Labute approximate surface area is 169 Å². The number of aromatic nitrogens is 2. The summed E-state index contributed by atoms with van der Waals surface area (Å²) in [7, 11) is 0. The van der Waals surface area contributed by atoms with E-state index >= 15 is 0 Å². The minimum absolute atomic E-state index is 0.272. The third kappa shape index (κ3) is 4.30. The largest absolute Gasteiger partial charge is 0.447 e. The Morgan fingerprint density at radius 2 is 2.14 bits per heavy atom. The van der Waals surface area contributed by atoms with Crippen molar-refractivity contribution in [2.75, 3.05) is 18.4 Å². The number of piperidine rings is 1. The number of nitrogens with zero attached hydrogens (tertiary/aromatic N) is 3. The standard InChI is InChI=1S/C22H24FN5O/c1-15(17-5-7-18(23)8-6-17)21(28-12-13-29-16(28)2)20-9-11-25-22(27-20)26-19-4-3-10-24-14-19/h5-9,11-13,19,24H,2-4,10,14H2,1H3,(H,25,26,27)/b21-15+. The maximum Gasteiger partial charge on any atom is 0.223 e. The van der Waals surface area contributed by atoms with Crippen molar-refractivity contribution in [3.63, 3.8) is 0 Å². The fourth-order valence-electron chi connectivity index (χ4n) is 3.56. The van der Waals surface area contributed by atoms with Crippen molar-refractivity contribution in [3.05, 3.63) is 78.5 Å². The van der Waals surface area contributed by atoms with Gasteiger partial charge < -0.3 is 15.4 Å². The van der Waals surface area contributed by atoms with Gasteiger partial charge in [0.05, 0.1) is 11.4 Å². The molecular weight excluding hydrogens is 369 g/mol. The van der Waals surface area contributed by atoms with E-state index in [1.54, 1.807) is 30.8 Å². The number of hydrogen-bond donors (Lipinski definition) is 2. The van der Waals surface area contributed by atoms with E-state index in [9.17, 15) is 4.39 Å². The Kier molecular flexibility index (Phi) is 5.57. The Morgan fingerprint density at radius 1 is 1.31 bits per heavy atom. The van der Waals surface area contributed by atoms with Crippen molar-refractivity contribution in [2.45, 2.75) is 25.8 Å². The van der Waals surface area contributed by atoms with Gasteiger partial charge in [0.2, 0.25) is 5.95 Å². The molecule has 0 aliphatic carbocycles. The lowest BCUT2D eigenvalue weighted by molar-refractivity contribution is 0.315. The minimum Gasteiger partial charge on any atom is -0.447 e. The molecule has 1 unspecified atom stereocenters. The zero-order valence-corrected chi connectivity index (χ0v) is 16.4. The molecule has 7 heteroatoms. The number of hydrogen-bond acceptors (Lipinski definition) is 6. The molecule has 4 rings (SSSR count). The molecule has 2 aliphatic heterocycles. The summed E-state index contributed by atoms with van der Waals surface area (Å²) in [6, 6.07) is 8.56. The van der Waals surface area contributed by atoms with E-state index in [4.69, 9.17) is 9.72 Å². The van der Waals surface area contributed by atoms with E-state index < -0.39 is 0 Å². The van der Waals surface area contributed by atoms with Crippen LogP contribution in [0, 0.1) is 5.82 Å². The number of ether oxygens (including phenoxy) is 1. The number of benzene rings is 1. The van der Waals surface area contributed by atoms with Gasteiger partial charge in [-0.3, -0.25) is 4.90 Å². The Bertz CT molecular complexity index is 948. The van der Waals surface area contributed by atoms with Crippen LogP contribution in [-0.2, 0) is 4.74 Å². The predicted octanol–water partition coefficient (Wildman–Crippen LogP) is 3.94. The molecule has 0 amide bonds. The van der Waals surface area contributed by atoms with Gasteiger partial charge in [-0.1, -0.05) is 12.1 Å². The molecule has 29 heavy (non-hydrogen) atoms. The van der Waals surface area contributed by atoms with Gasteiger partial charge >= 0.3 is 0 Å². The molecule has 6 nitrogen and oxygen atoms in total. The van der Waals surface area contributed by atoms with Gasteiger partial charge in [0.15, 0.2) is 5.88 Å². The quantitative estimate of drug-likeness (QED) is 0.802. The second kappa shape index (κ2) is 8.45. The van der Waals surface area contributed by atoms with Crippen LogP contribution < -0.4 is 10.6 Å². The molecule has 0 saturated carbocycles. The highest BCUT2D eigenvalue weighted by Crippen LogP contribution is 2.33. The van der Waals surface area contributed by atoms with Crippen LogP contribution in [0.1, 0.15) is 31.0 Å². The topological polar surface area (TPSA) is 62.3 Å². The molecular formula is C22H24FN5O. The van der Waals surface area contributed by atoms with Crippen molar-refractivity contribution in [1.29, 1.82) is 0 Å². The van der Waals surface area contributed by atoms with Crippen LogP contribution >= 0.6 is 0 Å². The van der Waals surface area contributed by atoms with Gasteiger partial charge in [-0.05, 0) is 62.2 Å². The maximum absolute atomic E-state index is 13.4. The summed E-state index contributed by atoms with van der Waals surface area (Å²) in [4.78, 5) is 11.0. The zero-order chi connectivity index (χ0) is 20.2. The van der Waals surface area contributed by atoms with Crippen molar-refractivity contribution in [2.24, 2.45) is 0 Å². The summed E-state index contributed by atoms with van der Waals surface area (Å²) < 4.78 is 18.8. The van der Waals surface area contributed by atoms with Crippen molar-refractivity contribution in [3.8, 4) is 0 Å². The zero-order valence-electron chi connectivity index (χ0n) is 16.4. The fourth-order valence-corrected chi connectivity index (χ4v) is 3.56. The van der Waals surface area contributed by atoms with Crippen LogP contribution in [0.3, 0.4) is 0 Å². The van der Waals surface area contributed by atoms with Gasteiger partial charge in [0.1, 0.15) is 12.1 Å². The number of halogens is 1. The van der Waals surface area contributed by atoms with Gasteiger partial charge in [-0.2, -0.15) is 0 Å². The first-order valence-electron chi connectivity index (χ1n) is 9.71. The first-order valence-corrected chi connectivity index (χ1v) is 9.71. The average molecular weight is 393 g/mol. The highest BCUT2D eigenvalue weighted by atomic mass is 19.1. The molecule has 0 bridgehead atoms. The highest BCUT2D eigenvalue weighted by Gasteiger charge is 2.23. The van der Waals surface area contributed by atoms with Crippen molar-refractivity contribution < 1.29 is 9.13 Å². The second-order valence-corrected chi connectivity index (χ2v) is 7.10. The normalized spacial score (nSPS) is 19.7. The monoisotopic (exact) mass is 393 g/mol. The summed E-state index contributed by atoms with van der Waals surface area (Å²) in [5.74, 6) is 0.785. The van der Waals surface area contributed by atoms with Crippen LogP contribution in [-0.4, -0.2) is 34.0 Å². The minimum atomic E-state index is -0.272. The summed E-state index contributed by atoms with van der Waals surface area (Å²) in [6.07, 6.45) is 7.32. The molecule has 1 aromatic carbocycles. The summed E-state index contributed by atoms with van der Waals surface area (Å²) in [5, 5.41) is 6.80. The van der Waals surface area contributed by atoms with Crippen molar-refractivity contribution >= 4 is 17.2 Å². The molecule has 2 N–H and O–H groups in total. The first kappa shape index (κ1) is 19.1. The van der Waals surface area contributed by atoms with Gasteiger partial charge in [-0.25, -0.2) is 14.4 Å². The molecule has 1 fully saturated rings. The summed E-state index contributed by atoms with van der Waals surface area (Å²) >= 11 is 0.